The summed E-state index contributed by atoms with van der Waals surface area (Å²) >= 11 is 5.55. The van der Waals surface area contributed by atoms with E-state index >= 15 is 0 Å². The number of halogens is 1. The number of unbranched alkanes of at least 4 members (excludes halogenated alkanes) is 1. The van der Waals surface area contributed by atoms with Crippen LogP contribution in [0.25, 0.3) is 0 Å². The Kier molecular flexibility index (Phi) is 5.70. The average molecular weight is 255 g/mol. The fourth-order valence-corrected chi connectivity index (χ4v) is 1.64. The van der Waals surface area contributed by atoms with E-state index in [4.69, 9.17) is 16.3 Å². The van der Waals surface area contributed by atoms with E-state index in [0.29, 0.717) is 23.6 Å². The van der Waals surface area contributed by atoms with Gasteiger partial charge in [-0.05, 0) is 25.0 Å². The van der Waals surface area contributed by atoms with E-state index in [0.717, 1.165) is 12.8 Å². The van der Waals surface area contributed by atoms with Gasteiger partial charge in [0.05, 0.1) is 5.56 Å². The van der Waals surface area contributed by atoms with Gasteiger partial charge in [0.15, 0.2) is 5.78 Å². The first-order chi connectivity index (χ1) is 8.15. The van der Waals surface area contributed by atoms with Gasteiger partial charge < -0.3 is 4.74 Å². The van der Waals surface area contributed by atoms with E-state index in [1.807, 2.05) is 0 Å². The van der Waals surface area contributed by atoms with Crippen LogP contribution >= 0.6 is 11.6 Å². The third kappa shape index (κ3) is 4.57. The molecule has 0 aliphatic rings. The molecule has 0 unspecified atom stereocenters. The molecule has 0 spiro atoms. The Morgan fingerprint density at radius 1 is 1.24 bits per heavy atom. The summed E-state index contributed by atoms with van der Waals surface area (Å²) in [7, 11) is 0. The molecule has 0 aliphatic carbocycles. The fourth-order valence-electron chi connectivity index (χ4n) is 1.46. The van der Waals surface area contributed by atoms with Crippen LogP contribution < -0.4 is 4.74 Å². The first kappa shape index (κ1) is 13.7. The molecule has 0 aromatic heterocycles. The Labute approximate surface area is 106 Å². The lowest BCUT2D eigenvalue weighted by Gasteiger charge is -2.07. The third-order valence-electron chi connectivity index (χ3n) is 2.23. The van der Waals surface area contributed by atoms with Gasteiger partial charge in [-0.15, -0.1) is 11.6 Å². The van der Waals surface area contributed by atoms with Gasteiger partial charge in [0.25, 0.3) is 0 Å². The molecule has 17 heavy (non-hydrogen) atoms. The average Bonchev–Trinajstić information content (AvgIpc) is 2.29. The molecule has 0 atom stereocenters. The van der Waals surface area contributed by atoms with E-state index < -0.39 is 5.97 Å². The minimum absolute atomic E-state index is 0.0213. The van der Waals surface area contributed by atoms with Crippen molar-refractivity contribution in [2.24, 2.45) is 0 Å². The summed E-state index contributed by atoms with van der Waals surface area (Å²) in [6.07, 6.45) is 1.98. The first-order valence-electron chi connectivity index (χ1n) is 5.51. The van der Waals surface area contributed by atoms with E-state index in [9.17, 15) is 9.59 Å². The molecule has 4 heteroatoms. The highest BCUT2D eigenvalue weighted by atomic mass is 35.5. The Bertz CT molecular complexity index is 401. The van der Waals surface area contributed by atoms with Gasteiger partial charge in [0, 0.05) is 19.2 Å². The van der Waals surface area contributed by atoms with Crippen LogP contribution in [-0.4, -0.2) is 17.6 Å². The van der Waals surface area contributed by atoms with Crippen LogP contribution in [0.4, 0.5) is 0 Å². The van der Waals surface area contributed by atoms with Crippen molar-refractivity contribution in [1.29, 1.82) is 0 Å². The maximum Gasteiger partial charge on any atom is 0.308 e. The van der Waals surface area contributed by atoms with Gasteiger partial charge in [-0.3, -0.25) is 9.59 Å². The number of Topliss-reactive ketones (excluding diaryl/α,β-unsaturated/α-hetero) is 1. The molecule has 3 nitrogen and oxygen atoms in total. The molecule has 0 heterocycles. The second kappa shape index (κ2) is 7.07. The largest absolute Gasteiger partial charge is 0.426 e. The third-order valence-corrected chi connectivity index (χ3v) is 2.50. The molecule has 0 radical (unpaired) electrons. The van der Waals surface area contributed by atoms with E-state index in [2.05, 4.69) is 0 Å². The van der Waals surface area contributed by atoms with Crippen molar-refractivity contribution in [2.45, 2.75) is 26.2 Å². The smallest absolute Gasteiger partial charge is 0.308 e. The van der Waals surface area contributed by atoms with Gasteiger partial charge in [0.2, 0.25) is 0 Å². The number of hydrogen-bond donors (Lipinski definition) is 0. The normalized spacial score (nSPS) is 10.0. The zero-order valence-electron chi connectivity index (χ0n) is 9.74. The summed E-state index contributed by atoms with van der Waals surface area (Å²) < 4.78 is 4.99. The van der Waals surface area contributed by atoms with Crippen LogP contribution in [0.1, 0.15) is 36.5 Å². The Hall–Kier alpha value is -1.35. The molecule has 1 aromatic rings. The molecular formula is C13H15ClO3. The van der Waals surface area contributed by atoms with Gasteiger partial charge in [-0.25, -0.2) is 0 Å². The molecule has 0 amide bonds. The first-order valence-corrected chi connectivity index (χ1v) is 6.05. The summed E-state index contributed by atoms with van der Waals surface area (Å²) in [4.78, 5) is 22.8. The number of ketones is 1. The Morgan fingerprint density at radius 3 is 2.59 bits per heavy atom. The number of carbonyl (C=O) groups excluding carboxylic acids is 2. The molecule has 0 bridgehead atoms. The van der Waals surface area contributed by atoms with E-state index in [1.165, 1.54) is 6.92 Å². The Balaban J connectivity index is 2.74. The standard InChI is InChI=1S/C13H15ClO3/c1-10(15)17-13-8-3-2-6-11(13)12(16)7-4-5-9-14/h2-3,6,8H,4-5,7,9H2,1H3. The quantitative estimate of drug-likeness (QED) is 0.257. The van der Waals surface area contributed by atoms with Crippen molar-refractivity contribution in [3.05, 3.63) is 29.8 Å². The summed E-state index contributed by atoms with van der Waals surface area (Å²) in [5.41, 5.74) is 0.456. The zero-order chi connectivity index (χ0) is 12.7. The SMILES string of the molecule is CC(=O)Oc1ccccc1C(=O)CCCCCl. The second-order valence-corrected chi connectivity index (χ2v) is 4.04. The van der Waals surface area contributed by atoms with Gasteiger partial charge in [-0.2, -0.15) is 0 Å². The maximum atomic E-state index is 11.9. The van der Waals surface area contributed by atoms with Gasteiger partial charge >= 0.3 is 5.97 Å². The minimum Gasteiger partial charge on any atom is -0.426 e. The molecule has 1 rings (SSSR count). The minimum atomic E-state index is -0.425. The molecule has 0 N–H and O–H groups in total. The molecule has 0 saturated heterocycles. The van der Waals surface area contributed by atoms with E-state index in [-0.39, 0.29) is 5.78 Å². The topological polar surface area (TPSA) is 43.4 Å². The summed E-state index contributed by atoms with van der Waals surface area (Å²) in [5.74, 6) is 0.438. The van der Waals surface area contributed by atoms with Crippen molar-refractivity contribution >= 4 is 23.4 Å². The zero-order valence-corrected chi connectivity index (χ0v) is 10.5. The lowest BCUT2D eigenvalue weighted by Crippen LogP contribution is -2.07. The highest BCUT2D eigenvalue weighted by Crippen LogP contribution is 2.20. The van der Waals surface area contributed by atoms with Gasteiger partial charge in [0.1, 0.15) is 5.75 Å². The monoisotopic (exact) mass is 254 g/mol. The van der Waals surface area contributed by atoms with Crippen molar-refractivity contribution in [3.8, 4) is 5.75 Å². The molecule has 0 aliphatic heterocycles. The highest BCUT2D eigenvalue weighted by Gasteiger charge is 2.12. The second-order valence-electron chi connectivity index (χ2n) is 3.66. The van der Waals surface area contributed by atoms with Crippen molar-refractivity contribution in [3.63, 3.8) is 0 Å². The van der Waals surface area contributed by atoms with E-state index in [1.54, 1.807) is 24.3 Å². The lowest BCUT2D eigenvalue weighted by atomic mass is 10.0. The Morgan fingerprint density at radius 2 is 1.94 bits per heavy atom. The lowest BCUT2D eigenvalue weighted by molar-refractivity contribution is -0.131. The fraction of sp³-hybridized carbons (Fsp3) is 0.385. The van der Waals surface area contributed by atoms with Crippen LogP contribution in [0.5, 0.6) is 5.75 Å². The predicted octanol–water partition coefficient (Wildman–Crippen LogP) is 3.20. The van der Waals surface area contributed by atoms with Crippen LogP contribution in [0, 0.1) is 0 Å². The molecular weight excluding hydrogens is 240 g/mol. The maximum absolute atomic E-state index is 11.9. The van der Waals surface area contributed by atoms with Crippen molar-refractivity contribution < 1.29 is 14.3 Å². The number of ether oxygens (including phenoxy) is 1. The summed E-state index contributed by atoms with van der Waals surface area (Å²) in [6.45, 7) is 1.31. The van der Waals surface area contributed by atoms with Crippen LogP contribution in [0.15, 0.2) is 24.3 Å². The van der Waals surface area contributed by atoms with Crippen LogP contribution in [0.2, 0.25) is 0 Å². The predicted molar refractivity (Wildman–Crippen MR) is 66.7 cm³/mol. The number of alkyl halides is 1. The van der Waals surface area contributed by atoms with Gasteiger partial charge in [-0.1, -0.05) is 12.1 Å². The number of para-hydroxylation sites is 1. The number of benzene rings is 1. The van der Waals surface area contributed by atoms with Crippen LogP contribution in [0.3, 0.4) is 0 Å². The number of hydrogen-bond acceptors (Lipinski definition) is 3. The number of rotatable bonds is 6. The van der Waals surface area contributed by atoms with Crippen molar-refractivity contribution in [1.82, 2.24) is 0 Å². The summed E-state index contributed by atoms with van der Waals surface area (Å²) in [5, 5.41) is 0. The van der Waals surface area contributed by atoms with Crippen molar-refractivity contribution in [2.75, 3.05) is 5.88 Å². The van der Waals surface area contributed by atoms with Crippen LogP contribution in [-0.2, 0) is 4.79 Å². The molecule has 92 valence electrons. The molecule has 0 saturated carbocycles. The molecule has 0 fully saturated rings. The summed E-state index contributed by atoms with van der Waals surface area (Å²) in [6, 6.07) is 6.77. The highest BCUT2D eigenvalue weighted by molar-refractivity contribution is 6.17. The number of esters is 1. The number of carbonyl (C=O) groups is 2. The molecule has 1 aromatic carbocycles.